The summed E-state index contributed by atoms with van der Waals surface area (Å²) in [6.45, 7) is 1.29. The number of allylic oxidation sites excluding steroid dienone is 1. The summed E-state index contributed by atoms with van der Waals surface area (Å²) in [5.74, 6) is -0.606. The number of aliphatic hydroxyl groups excluding tert-OH is 4. The molecule has 1 aromatic rings. The second-order valence-electron chi connectivity index (χ2n) is 10.8. The van der Waals surface area contributed by atoms with Crippen LogP contribution in [-0.4, -0.2) is 82.5 Å². The van der Waals surface area contributed by atoms with E-state index in [9.17, 15) is 30.8 Å². The van der Waals surface area contributed by atoms with E-state index < -0.39 is 55.4 Å². The molecule has 0 aromatic heterocycles. The minimum atomic E-state index is -1.61. The number of rotatable bonds is 21. The first kappa shape index (κ1) is 35.7. The van der Waals surface area contributed by atoms with E-state index >= 15 is 0 Å². The first-order valence-corrected chi connectivity index (χ1v) is 15.3. The molecule has 2 rings (SSSR count). The van der Waals surface area contributed by atoms with Crippen LogP contribution in [0.3, 0.4) is 0 Å². The Morgan fingerprint density at radius 1 is 0.976 bits per heavy atom. The molecule has 1 aliphatic rings. The van der Waals surface area contributed by atoms with Gasteiger partial charge in [0, 0.05) is 4.91 Å². The van der Waals surface area contributed by atoms with Crippen LogP contribution in [0.25, 0.3) is 10.4 Å². The lowest BCUT2D eigenvalue weighted by molar-refractivity contribution is -0.302. The number of aliphatic hydroxyl groups is 4. The van der Waals surface area contributed by atoms with E-state index in [-0.39, 0.29) is 6.61 Å². The summed E-state index contributed by atoms with van der Waals surface area (Å²) in [5, 5.41) is 43.5. The molecule has 11 nitrogen and oxygen atoms in total. The third-order valence-electron chi connectivity index (χ3n) is 7.41. The minimum absolute atomic E-state index is 0.329. The van der Waals surface area contributed by atoms with Crippen LogP contribution in [-0.2, 0) is 14.2 Å². The van der Waals surface area contributed by atoms with Crippen LogP contribution in [0.2, 0.25) is 0 Å². The second-order valence-corrected chi connectivity index (χ2v) is 10.8. The van der Waals surface area contributed by atoms with Gasteiger partial charge in [0.1, 0.15) is 36.6 Å². The SMILES string of the molecule is CCCCCCCCCCCCCC=C[C@@H](OC(=O)c1ccccc1)[C@H](CO[C@H]1O[C@H](CO)[C@@H](O)[C@H](O)[C@@H]1O)N=[N+]=[N-]. The predicted octanol–water partition coefficient (Wildman–Crippen LogP) is 4.96. The summed E-state index contributed by atoms with van der Waals surface area (Å²) in [6, 6.07) is 7.40. The predicted molar refractivity (Wildman–Crippen MR) is 159 cm³/mol. The molecule has 1 saturated heterocycles. The van der Waals surface area contributed by atoms with E-state index in [2.05, 4.69) is 16.9 Å². The van der Waals surface area contributed by atoms with Gasteiger partial charge >= 0.3 is 5.97 Å². The van der Waals surface area contributed by atoms with Gasteiger partial charge in [0.05, 0.1) is 18.8 Å². The van der Waals surface area contributed by atoms with Crippen LogP contribution < -0.4 is 0 Å². The zero-order valence-corrected chi connectivity index (χ0v) is 24.7. The first-order chi connectivity index (χ1) is 20.4. The summed E-state index contributed by atoms with van der Waals surface area (Å²) >= 11 is 0. The van der Waals surface area contributed by atoms with Gasteiger partial charge in [-0.25, -0.2) is 4.79 Å². The highest BCUT2D eigenvalue weighted by molar-refractivity contribution is 5.89. The maximum absolute atomic E-state index is 12.8. The van der Waals surface area contributed by atoms with Crippen molar-refractivity contribution in [3.63, 3.8) is 0 Å². The normalized spacial score (nSPS) is 23.8. The Balaban J connectivity index is 1.93. The molecule has 236 valence electrons. The van der Waals surface area contributed by atoms with Crippen molar-refractivity contribution in [2.45, 2.75) is 127 Å². The van der Waals surface area contributed by atoms with Gasteiger partial charge in [-0.3, -0.25) is 0 Å². The van der Waals surface area contributed by atoms with Crippen molar-refractivity contribution < 1.29 is 39.4 Å². The molecule has 7 atom stereocenters. The van der Waals surface area contributed by atoms with Crippen molar-refractivity contribution in [3.05, 3.63) is 58.5 Å². The Labute approximate surface area is 249 Å². The van der Waals surface area contributed by atoms with Gasteiger partial charge in [-0.05, 0) is 36.6 Å². The van der Waals surface area contributed by atoms with E-state index in [4.69, 9.17) is 14.2 Å². The number of hydrogen-bond donors (Lipinski definition) is 4. The fraction of sp³-hybridized carbons (Fsp3) is 0.710. The van der Waals surface area contributed by atoms with Crippen LogP contribution >= 0.6 is 0 Å². The van der Waals surface area contributed by atoms with Crippen LogP contribution in [0, 0.1) is 0 Å². The van der Waals surface area contributed by atoms with E-state index in [0.29, 0.717) is 5.56 Å². The van der Waals surface area contributed by atoms with Gasteiger partial charge in [-0.2, -0.15) is 0 Å². The van der Waals surface area contributed by atoms with Gasteiger partial charge in [0.25, 0.3) is 0 Å². The van der Waals surface area contributed by atoms with Gasteiger partial charge in [0.2, 0.25) is 0 Å². The van der Waals surface area contributed by atoms with E-state index in [1.54, 1.807) is 36.4 Å². The van der Waals surface area contributed by atoms with Crippen molar-refractivity contribution >= 4 is 5.97 Å². The monoisotopic (exact) mass is 591 g/mol. The molecule has 42 heavy (non-hydrogen) atoms. The van der Waals surface area contributed by atoms with Gasteiger partial charge in [-0.15, -0.1) is 0 Å². The molecular formula is C31H49N3O8. The number of hydrogen-bond acceptors (Lipinski definition) is 9. The zero-order chi connectivity index (χ0) is 30.6. The largest absolute Gasteiger partial charge is 0.454 e. The molecule has 0 unspecified atom stereocenters. The number of carbonyl (C=O) groups excluding carboxylic acids is 1. The third kappa shape index (κ3) is 12.8. The van der Waals surface area contributed by atoms with Gasteiger partial charge in [0.15, 0.2) is 6.29 Å². The molecule has 0 bridgehead atoms. The quantitative estimate of drug-likeness (QED) is 0.0387. The van der Waals surface area contributed by atoms with Gasteiger partial charge < -0.3 is 34.6 Å². The smallest absolute Gasteiger partial charge is 0.338 e. The van der Waals surface area contributed by atoms with Crippen molar-refractivity contribution in [1.82, 2.24) is 0 Å². The molecule has 11 heteroatoms. The second kappa shape index (κ2) is 21.2. The van der Waals surface area contributed by atoms with Crippen LogP contribution in [0.1, 0.15) is 94.3 Å². The molecule has 4 N–H and O–H groups in total. The fourth-order valence-corrected chi connectivity index (χ4v) is 4.83. The van der Waals surface area contributed by atoms with Crippen LogP contribution in [0.4, 0.5) is 0 Å². The molecule has 0 amide bonds. The molecule has 0 aliphatic carbocycles. The first-order valence-electron chi connectivity index (χ1n) is 15.3. The average Bonchev–Trinajstić information content (AvgIpc) is 3.01. The summed E-state index contributed by atoms with van der Waals surface area (Å²) in [5.41, 5.74) is 9.55. The molecular weight excluding hydrogens is 542 g/mol. The molecule has 1 heterocycles. The molecule has 1 aromatic carbocycles. The number of benzene rings is 1. The molecule has 0 spiro atoms. The lowest BCUT2D eigenvalue weighted by Gasteiger charge is -2.40. The summed E-state index contributed by atoms with van der Waals surface area (Å²) < 4.78 is 16.7. The zero-order valence-electron chi connectivity index (χ0n) is 24.7. The molecule has 1 fully saturated rings. The number of carbonyl (C=O) groups is 1. The Morgan fingerprint density at radius 2 is 1.60 bits per heavy atom. The summed E-state index contributed by atoms with van der Waals surface area (Å²) in [4.78, 5) is 15.7. The van der Waals surface area contributed by atoms with Crippen molar-refractivity contribution in [1.29, 1.82) is 0 Å². The highest BCUT2D eigenvalue weighted by Crippen LogP contribution is 2.23. The number of nitrogens with zero attached hydrogens (tertiary/aromatic N) is 3. The Bertz CT molecular complexity index is 941. The van der Waals surface area contributed by atoms with E-state index in [1.165, 1.54) is 57.8 Å². The minimum Gasteiger partial charge on any atom is -0.454 e. The lowest BCUT2D eigenvalue weighted by Crippen LogP contribution is -2.59. The standard InChI is InChI=1S/C31H49N3O8/c1-2-3-4-5-6-7-8-9-10-11-12-13-17-20-25(41-30(39)23-18-15-14-16-19-23)24(33-34-32)22-40-31-29(38)28(37)27(36)26(21-35)42-31/h14-20,24-29,31,35-38H,2-13,21-22H2,1H3/t24-,25+,26+,27+,28-,29-,31-/m0/s1. The molecule has 1 aliphatic heterocycles. The van der Waals surface area contributed by atoms with Crippen LogP contribution in [0.5, 0.6) is 0 Å². The Morgan fingerprint density at radius 3 is 2.19 bits per heavy atom. The van der Waals surface area contributed by atoms with Crippen LogP contribution in [0.15, 0.2) is 47.6 Å². The number of unbranched alkanes of at least 4 members (excludes halogenated alkanes) is 11. The Kier molecular flexibility index (Phi) is 18.0. The highest BCUT2D eigenvalue weighted by atomic mass is 16.7. The molecule has 0 radical (unpaired) electrons. The van der Waals surface area contributed by atoms with E-state index in [0.717, 1.165) is 19.3 Å². The topological polar surface area (TPSA) is 174 Å². The Hall–Kier alpha value is -2.50. The lowest BCUT2D eigenvalue weighted by atomic mass is 9.99. The fourth-order valence-electron chi connectivity index (χ4n) is 4.83. The van der Waals surface area contributed by atoms with E-state index in [1.807, 2.05) is 6.08 Å². The number of azide groups is 1. The maximum atomic E-state index is 12.8. The highest BCUT2D eigenvalue weighted by Gasteiger charge is 2.44. The number of ether oxygens (including phenoxy) is 3. The summed E-state index contributed by atoms with van der Waals surface area (Å²) in [6.07, 6.45) is 9.63. The summed E-state index contributed by atoms with van der Waals surface area (Å²) in [7, 11) is 0. The van der Waals surface area contributed by atoms with Crippen molar-refractivity contribution in [2.75, 3.05) is 13.2 Å². The maximum Gasteiger partial charge on any atom is 0.338 e. The third-order valence-corrected chi connectivity index (χ3v) is 7.41. The number of esters is 1. The van der Waals surface area contributed by atoms with Crippen molar-refractivity contribution in [2.24, 2.45) is 5.11 Å². The van der Waals surface area contributed by atoms with Crippen molar-refractivity contribution in [3.8, 4) is 0 Å². The van der Waals surface area contributed by atoms with Gasteiger partial charge in [-0.1, -0.05) is 101 Å². The average molecular weight is 592 g/mol. The molecule has 0 saturated carbocycles.